The lowest BCUT2D eigenvalue weighted by molar-refractivity contribution is -0.111. The molecule has 7 heteroatoms. The Bertz CT molecular complexity index is 1020. The molecule has 0 saturated carbocycles. The molecular formula is C21H21ClN4O2. The number of fused-ring (bicyclic) bond motifs is 1. The van der Waals surface area contributed by atoms with Crippen LogP contribution < -0.4 is 5.32 Å². The van der Waals surface area contributed by atoms with Gasteiger partial charge in [0.2, 0.25) is 5.91 Å². The molecule has 0 saturated heterocycles. The molecule has 1 N–H and O–H groups in total. The third-order valence-electron chi connectivity index (χ3n) is 4.36. The molecule has 0 spiro atoms. The number of halogens is 1. The summed E-state index contributed by atoms with van der Waals surface area (Å²) in [4.78, 5) is 30.5. The molecule has 3 rings (SSSR count). The van der Waals surface area contributed by atoms with Gasteiger partial charge in [-0.1, -0.05) is 17.7 Å². The molecule has 2 heterocycles. The highest BCUT2D eigenvalue weighted by molar-refractivity contribution is 6.31. The van der Waals surface area contributed by atoms with Gasteiger partial charge in [-0.3, -0.25) is 14.0 Å². The number of hydrogen-bond acceptors (Lipinski definition) is 3. The van der Waals surface area contributed by atoms with Crippen LogP contribution in [-0.4, -0.2) is 39.2 Å². The van der Waals surface area contributed by atoms with E-state index in [4.69, 9.17) is 11.6 Å². The molecule has 2 amide bonds. The lowest BCUT2D eigenvalue weighted by atomic mass is 10.1. The van der Waals surface area contributed by atoms with Gasteiger partial charge in [-0.05, 0) is 56.3 Å². The SMILES string of the molecule is CCN(CC)C(=O)c1ccc(NC(=O)/C=C/c2c(Cl)nc3ccccn23)cc1. The third-order valence-corrected chi connectivity index (χ3v) is 4.64. The van der Waals surface area contributed by atoms with E-state index in [1.54, 1.807) is 39.6 Å². The second-order valence-electron chi connectivity index (χ2n) is 6.09. The highest BCUT2D eigenvalue weighted by atomic mass is 35.5. The molecule has 0 aliphatic rings. The topological polar surface area (TPSA) is 66.7 Å². The first-order chi connectivity index (χ1) is 13.5. The van der Waals surface area contributed by atoms with Crippen molar-refractivity contribution in [2.75, 3.05) is 18.4 Å². The quantitative estimate of drug-likeness (QED) is 0.637. The second kappa shape index (κ2) is 8.71. The monoisotopic (exact) mass is 396 g/mol. The first kappa shape index (κ1) is 19.6. The normalized spacial score (nSPS) is 11.1. The van der Waals surface area contributed by atoms with E-state index in [0.717, 1.165) is 0 Å². The van der Waals surface area contributed by atoms with E-state index in [9.17, 15) is 9.59 Å². The number of carbonyl (C=O) groups excluding carboxylic acids is 2. The molecule has 0 fully saturated rings. The zero-order valence-electron chi connectivity index (χ0n) is 15.7. The van der Waals surface area contributed by atoms with Gasteiger partial charge in [-0.2, -0.15) is 0 Å². The van der Waals surface area contributed by atoms with Gasteiger partial charge < -0.3 is 10.2 Å². The molecule has 3 aromatic rings. The number of carbonyl (C=O) groups is 2. The molecule has 0 radical (unpaired) electrons. The van der Waals surface area contributed by atoms with Crippen LogP contribution in [0.5, 0.6) is 0 Å². The average Bonchev–Trinajstić information content (AvgIpc) is 3.03. The third kappa shape index (κ3) is 4.23. The van der Waals surface area contributed by atoms with E-state index in [2.05, 4.69) is 10.3 Å². The van der Waals surface area contributed by atoms with E-state index >= 15 is 0 Å². The van der Waals surface area contributed by atoms with Gasteiger partial charge in [0.1, 0.15) is 5.65 Å². The summed E-state index contributed by atoms with van der Waals surface area (Å²) in [5, 5.41) is 3.10. The number of aromatic nitrogens is 2. The minimum absolute atomic E-state index is 0.0231. The predicted molar refractivity (Wildman–Crippen MR) is 112 cm³/mol. The van der Waals surface area contributed by atoms with Crippen LogP contribution in [0.3, 0.4) is 0 Å². The number of nitrogens with zero attached hydrogens (tertiary/aromatic N) is 3. The van der Waals surface area contributed by atoms with E-state index < -0.39 is 0 Å². The maximum atomic E-state index is 12.3. The smallest absolute Gasteiger partial charge is 0.253 e. The van der Waals surface area contributed by atoms with Crippen molar-refractivity contribution in [3.05, 3.63) is 71.1 Å². The predicted octanol–water partition coefficient (Wildman–Crippen LogP) is 4.12. The Morgan fingerprint density at radius 1 is 1.14 bits per heavy atom. The van der Waals surface area contributed by atoms with Gasteiger partial charge in [0.05, 0.1) is 5.69 Å². The van der Waals surface area contributed by atoms with Crippen molar-refractivity contribution >= 4 is 40.8 Å². The number of rotatable bonds is 6. The number of nitrogens with one attached hydrogen (secondary N) is 1. The Hall–Kier alpha value is -3.12. The Morgan fingerprint density at radius 2 is 1.86 bits per heavy atom. The molecule has 1 aromatic carbocycles. The number of imidazole rings is 1. The van der Waals surface area contributed by atoms with Gasteiger partial charge in [-0.15, -0.1) is 0 Å². The van der Waals surface area contributed by atoms with Gasteiger partial charge in [-0.25, -0.2) is 4.98 Å². The summed E-state index contributed by atoms with van der Waals surface area (Å²) >= 11 is 6.16. The van der Waals surface area contributed by atoms with Crippen LogP contribution >= 0.6 is 11.6 Å². The van der Waals surface area contributed by atoms with Crippen molar-refractivity contribution in [3.63, 3.8) is 0 Å². The number of anilines is 1. The molecular weight excluding hydrogens is 376 g/mol. The van der Waals surface area contributed by atoms with E-state index in [-0.39, 0.29) is 11.8 Å². The summed E-state index contributed by atoms with van der Waals surface area (Å²) in [5.74, 6) is -0.324. The summed E-state index contributed by atoms with van der Waals surface area (Å²) in [6, 6.07) is 12.4. The second-order valence-corrected chi connectivity index (χ2v) is 6.45. The Morgan fingerprint density at radius 3 is 2.54 bits per heavy atom. The van der Waals surface area contributed by atoms with Crippen molar-refractivity contribution in [3.8, 4) is 0 Å². The summed E-state index contributed by atoms with van der Waals surface area (Å²) in [6.45, 7) is 5.20. The maximum absolute atomic E-state index is 12.3. The Balaban J connectivity index is 1.68. The van der Waals surface area contributed by atoms with Crippen molar-refractivity contribution in [1.82, 2.24) is 14.3 Å². The highest BCUT2D eigenvalue weighted by Crippen LogP contribution is 2.19. The van der Waals surface area contributed by atoms with Crippen molar-refractivity contribution in [1.29, 1.82) is 0 Å². The number of benzene rings is 1. The molecule has 0 aliphatic heterocycles. The van der Waals surface area contributed by atoms with Gasteiger partial charge in [0, 0.05) is 36.6 Å². The number of amides is 2. The fourth-order valence-corrected chi connectivity index (χ4v) is 3.10. The first-order valence-corrected chi connectivity index (χ1v) is 9.42. The van der Waals surface area contributed by atoms with Crippen LogP contribution in [-0.2, 0) is 4.79 Å². The molecule has 0 aliphatic carbocycles. The molecule has 2 aromatic heterocycles. The van der Waals surface area contributed by atoms with E-state index in [0.29, 0.717) is 40.8 Å². The van der Waals surface area contributed by atoms with E-state index in [1.165, 1.54) is 6.08 Å². The molecule has 0 bridgehead atoms. The van der Waals surface area contributed by atoms with Crippen LogP contribution in [0, 0.1) is 0 Å². The Kier molecular flexibility index (Phi) is 6.11. The molecule has 28 heavy (non-hydrogen) atoms. The lowest BCUT2D eigenvalue weighted by Crippen LogP contribution is -2.30. The summed E-state index contributed by atoms with van der Waals surface area (Å²) < 4.78 is 1.81. The lowest BCUT2D eigenvalue weighted by Gasteiger charge is -2.18. The van der Waals surface area contributed by atoms with Crippen molar-refractivity contribution in [2.45, 2.75) is 13.8 Å². The fraction of sp³-hybridized carbons (Fsp3) is 0.190. The fourth-order valence-electron chi connectivity index (χ4n) is 2.86. The Labute approximate surface area is 168 Å². The molecule has 6 nitrogen and oxygen atoms in total. The highest BCUT2D eigenvalue weighted by Gasteiger charge is 2.12. The largest absolute Gasteiger partial charge is 0.339 e. The molecule has 0 unspecified atom stereocenters. The average molecular weight is 397 g/mol. The standard InChI is InChI=1S/C21H21ClN4O2/c1-3-25(4-2)21(28)15-8-10-16(11-9-15)23-19(27)13-12-17-20(22)24-18-7-5-6-14-26(17)18/h5-14H,3-4H2,1-2H3,(H,23,27)/b13-12+. The van der Waals surface area contributed by atoms with Crippen molar-refractivity contribution in [2.24, 2.45) is 0 Å². The van der Waals surface area contributed by atoms with Crippen LogP contribution in [0.15, 0.2) is 54.7 Å². The number of hydrogen-bond donors (Lipinski definition) is 1. The maximum Gasteiger partial charge on any atom is 0.253 e. The van der Waals surface area contributed by atoms with Crippen LogP contribution in [0.25, 0.3) is 11.7 Å². The first-order valence-electron chi connectivity index (χ1n) is 9.04. The zero-order valence-corrected chi connectivity index (χ0v) is 16.5. The molecule has 0 atom stereocenters. The van der Waals surface area contributed by atoms with Gasteiger partial charge in [0.25, 0.3) is 5.91 Å². The zero-order chi connectivity index (χ0) is 20.1. The minimum Gasteiger partial charge on any atom is -0.339 e. The summed E-state index contributed by atoms with van der Waals surface area (Å²) in [5.41, 5.74) is 2.54. The van der Waals surface area contributed by atoms with Crippen LogP contribution in [0.1, 0.15) is 29.9 Å². The van der Waals surface area contributed by atoms with E-state index in [1.807, 2.05) is 38.2 Å². The number of pyridine rings is 1. The summed E-state index contributed by atoms with van der Waals surface area (Å²) in [6.07, 6.45) is 4.85. The summed E-state index contributed by atoms with van der Waals surface area (Å²) in [7, 11) is 0. The van der Waals surface area contributed by atoms with Gasteiger partial charge >= 0.3 is 0 Å². The van der Waals surface area contributed by atoms with Gasteiger partial charge in [0.15, 0.2) is 5.15 Å². The minimum atomic E-state index is -0.301. The van der Waals surface area contributed by atoms with Crippen LogP contribution in [0.2, 0.25) is 5.15 Å². The molecule has 144 valence electrons. The van der Waals surface area contributed by atoms with Crippen molar-refractivity contribution < 1.29 is 9.59 Å². The van der Waals surface area contributed by atoms with Crippen LogP contribution in [0.4, 0.5) is 5.69 Å².